The first-order valence-corrected chi connectivity index (χ1v) is 8.27. The lowest BCUT2D eigenvalue weighted by Crippen LogP contribution is -2.40. The summed E-state index contributed by atoms with van der Waals surface area (Å²) in [4.78, 5) is 27.5. The van der Waals surface area contributed by atoms with Crippen LogP contribution < -0.4 is 10.6 Å². The van der Waals surface area contributed by atoms with Crippen LogP contribution in [0.15, 0.2) is 24.7 Å². The standard InChI is InChI=1S/C16H14ClFN6O2/c17-8-3-9-10(5-21-13(9)20-4-8)14-22-6-11(18)15(24-14)23-12-7-26-2-1-19-16(12)25/h3-6,12H,1-2,7H2,(H,19,25)(H,20,21)(H,22,23,24). The Morgan fingerprint density at radius 3 is 3.12 bits per heavy atom. The smallest absolute Gasteiger partial charge is 0.245 e. The summed E-state index contributed by atoms with van der Waals surface area (Å²) < 4.78 is 19.5. The number of hydrogen-bond donors (Lipinski definition) is 3. The van der Waals surface area contributed by atoms with E-state index in [-0.39, 0.29) is 24.2 Å². The number of H-pyrrole nitrogens is 1. The molecule has 134 valence electrons. The first-order chi connectivity index (χ1) is 12.6. The normalized spacial score (nSPS) is 17.8. The van der Waals surface area contributed by atoms with Gasteiger partial charge >= 0.3 is 0 Å². The van der Waals surface area contributed by atoms with E-state index in [1.165, 1.54) is 6.20 Å². The van der Waals surface area contributed by atoms with E-state index < -0.39 is 11.9 Å². The Morgan fingerprint density at radius 1 is 1.35 bits per heavy atom. The monoisotopic (exact) mass is 376 g/mol. The molecule has 1 aliphatic rings. The molecule has 0 aromatic carbocycles. The minimum absolute atomic E-state index is 0.0787. The number of rotatable bonds is 3. The molecule has 1 unspecified atom stereocenters. The molecule has 3 N–H and O–H groups in total. The van der Waals surface area contributed by atoms with Crippen LogP contribution in [0.5, 0.6) is 0 Å². The van der Waals surface area contributed by atoms with Crippen molar-refractivity contribution >= 4 is 34.4 Å². The zero-order chi connectivity index (χ0) is 18.1. The summed E-state index contributed by atoms with van der Waals surface area (Å²) in [7, 11) is 0. The molecule has 1 atom stereocenters. The summed E-state index contributed by atoms with van der Waals surface area (Å²) in [5.41, 5.74) is 1.24. The third-order valence-corrected chi connectivity index (χ3v) is 4.15. The number of anilines is 1. The predicted molar refractivity (Wildman–Crippen MR) is 93.3 cm³/mol. The van der Waals surface area contributed by atoms with Crippen molar-refractivity contribution in [3.05, 3.63) is 35.5 Å². The van der Waals surface area contributed by atoms with Crippen LogP contribution in [0.2, 0.25) is 5.02 Å². The van der Waals surface area contributed by atoms with Crippen molar-refractivity contribution < 1.29 is 13.9 Å². The second-order valence-electron chi connectivity index (χ2n) is 5.71. The molecule has 26 heavy (non-hydrogen) atoms. The topological polar surface area (TPSA) is 105 Å². The van der Waals surface area contributed by atoms with Crippen LogP contribution in [0.4, 0.5) is 10.2 Å². The van der Waals surface area contributed by atoms with Gasteiger partial charge in [0.05, 0.1) is 24.4 Å². The summed E-state index contributed by atoms with van der Waals surface area (Å²) in [6.45, 7) is 0.944. The van der Waals surface area contributed by atoms with Gasteiger partial charge in [-0.1, -0.05) is 11.6 Å². The molecule has 1 amide bonds. The predicted octanol–water partition coefficient (Wildman–Crippen LogP) is 1.74. The molecule has 0 aliphatic carbocycles. The maximum absolute atomic E-state index is 14.2. The van der Waals surface area contributed by atoms with Gasteiger partial charge < -0.3 is 20.4 Å². The van der Waals surface area contributed by atoms with E-state index in [9.17, 15) is 9.18 Å². The van der Waals surface area contributed by atoms with E-state index in [0.717, 1.165) is 6.20 Å². The highest BCUT2D eigenvalue weighted by molar-refractivity contribution is 6.31. The maximum Gasteiger partial charge on any atom is 0.245 e. The van der Waals surface area contributed by atoms with Gasteiger partial charge in [-0.05, 0) is 6.07 Å². The van der Waals surface area contributed by atoms with Gasteiger partial charge in [-0.25, -0.2) is 19.3 Å². The number of carbonyl (C=O) groups is 1. The molecule has 0 radical (unpaired) electrons. The van der Waals surface area contributed by atoms with Crippen molar-refractivity contribution in [2.24, 2.45) is 0 Å². The van der Waals surface area contributed by atoms with Crippen LogP contribution in [0.3, 0.4) is 0 Å². The number of hydrogen-bond acceptors (Lipinski definition) is 6. The highest BCUT2D eigenvalue weighted by Gasteiger charge is 2.23. The van der Waals surface area contributed by atoms with Crippen LogP contribution in [0.1, 0.15) is 0 Å². The molecule has 10 heteroatoms. The van der Waals surface area contributed by atoms with Crippen LogP contribution in [-0.4, -0.2) is 51.6 Å². The van der Waals surface area contributed by atoms with Crippen LogP contribution in [0, 0.1) is 5.82 Å². The molecular weight excluding hydrogens is 363 g/mol. The van der Waals surface area contributed by atoms with Gasteiger partial charge in [0.1, 0.15) is 11.7 Å². The minimum Gasteiger partial charge on any atom is -0.377 e. The number of halogens is 2. The van der Waals surface area contributed by atoms with Crippen molar-refractivity contribution in [3.63, 3.8) is 0 Å². The van der Waals surface area contributed by atoms with Gasteiger partial charge in [0.2, 0.25) is 5.91 Å². The lowest BCUT2D eigenvalue weighted by atomic mass is 10.2. The Balaban J connectivity index is 1.69. The summed E-state index contributed by atoms with van der Waals surface area (Å²) in [5, 5.41) is 6.65. The number of fused-ring (bicyclic) bond motifs is 1. The molecule has 3 aromatic rings. The SMILES string of the molecule is O=C1NCCOCC1Nc1nc(-c2c[nH]c3ncc(Cl)cc23)ncc1F. The van der Waals surface area contributed by atoms with Gasteiger partial charge in [0.15, 0.2) is 17.5 Å². The van der Waals surface area contributed by atoms with Gasteiger partial charge in [-0.2, -0.15) is 0 Å². The number of amides is 1. The number of nitrogens with one attached hydrogen (secondary N) is 3. The lowest BCUT2D eigenvalue weighted by Gasteiger charge is -2.16. The van der Waals surface area contributed by atoms with E-state index in [1.807, 2.05) is 0 Å². The largest absolute Gasteiger partial charge is 0.377 e. The highest BCUT2D eigenvalue weighted by atomic mass is 35.5. The lowest BCUT2D eigenvalue weighted by molar-refractivity contribution is -0.121. The number of aromatic amines is 1. The van der Waals surface area contributed by atoms with E-state index in [0.29, 0.717) is 34.8 Å². The molecular formula is C16H14ClFN6O2. The Labute approximate surface area is 152 Å². The van der Waals surface area contributed by atoms with Crippen LogP contribution >= 0.6 is 11.6 Å². The second-order valence-corrected chi connectivity index (χ2v) is 6.14. The van der Waals surface area contributed by atoms with E-state index in [2.05, 4.69) is 30.6 Å². The minimum atomic E-state index is -0.742. The Bertz CT molecular complexity index is 979. The first-order valence-electron chi connectivity index (χ1n) is 7.89. The van der Waals surface area contributed by atoms with Crippen molar-refractivity contribution in [2.45, 2.75) is 6.04 Å². The number of ether oxygens (including phenoxy) is 1. The summed E-state index contributed by atoms with van der Waals surface area (Å²) in [6, 6.07) is 0.983. The number of nitrogens with zero attached hydrogens (tertiary/aromatic N) is 3. The first kappa shape index (κ1) is 16.7. The van der Waals surface area contributed by atoms with Crippen molar-refractivity contribution in [1.82, 2.24) is 25.3 Å². The van der Waals surface area contributed by atoms with Gasteiger partial charge in [0, 0.05) is 29.9 Å². The maximum atomic E-state index is 14.2. The van der Waals surface area contributed by atoms with E-state index in [1.54, 1.807) is 12.3 Å². The molecule has 0 bridgehead atoms. The number of aromatic nitrogens is 4. The Kier molecular flexibility index (Phi) is 4.39. The van der Waals surface area contributed by atoms with E-state index >= 15 is 0 Å². The Hall–Kier alpha value is -2.78. The molecule has 4 heterocycles. The summed E-state index contributed by atoms with van der Waals surface area (Å²) in [5.74, 6) is -0.740. The quantitative estimate of drug-likeness (QED) is 0.643. The van der Waals surface area contributed by atoms with Crippen LogP contribution in [-0.2, 0) is 9.53 Å². The molecule has 8 nitrogen and oxygen atoms in total. The third-order valence-electron chi connectivity index (χ3n) is 3.94. The molecule has 1 fully saturated rings. The fraction of sp³-hybridized carbons (Fsp3) is 0.250. The van der Waals surface area contributed by atoms with E-state index in [4.69, 9.17) is 16.3 Å². The average Bonchev–Trinajstić information content (AvgIpc) is 2.94. The van der Waals surface area contributed by atoms with Gasteiger partial charge in [-0.15, -0.1) is 0 Å². The summed E-state index contributed by atoms with van der Waals surface area (Å²) in [6.07, 6.45) is 4.25. The van der Waals surface area contributed by atoms with Crippen molar-refractivity contribution in [3.8, 4) is 11.4 Å². The van der Waals surface area contributed by atoms with Crippen molar-refractivity contribution in [1.29, 1.82) is 0 Å². The van der Waals surface area contributed by atoms with Crippen molar-refractivity contribution in [2.75, 3.05) is 25.1 Å². The average molecular weight is 377 g/mol. The molecule has 4 rings (SSSR count). The molecule has 1 saturated heterocycles. The molecule has 0 spiro atoms. The Morgan fingerprint density at radius 2 is 2.23 bits per heavy atom. The molecule has 1 aliphatic heterocycles. The molecule has 0 saturated carbocycles. The van der Waals surface area contributed by atoms with Gasteiger partial charge in [-0.3, -0.25) is 4.79 Å². The zero-order valence-corrected chi connectivity index (χ0v) is 14.2. The summed E-state index contributed by atoms with van der Waals surface area (Å²) >= 11 is 6.00. The third kappa shape index (κ3) is 3.18. The van der Waals surface area contributed by atoms with Crippen LogP contribution in [0.25, 0.3) is 22.4 Å². The number of carbonyl (C=O) groups excluding carboxylic acids is 1. The highest BCUT2D eigenvalue weighted by Crippen LogP contribution is 2.28. The zero-order valence-electron chi connectivity index (χ0n) is 13.4. The fourth-order valence-electron chi connectivity index (χ4n) is 2.68. The number of pyridine rings is 1. The molecule has 3 aromatic heterocycles. The second kappa shape index (κ2) is 6.85. The van der Waals surface area contributed by atoms with Gasteiger partial charge in [0.25, 0.3) is 0 Å². The fourth-order valence-corrected chi connectivity index (χ4v) is 2.84.